The number of rotatable bonds is 2. The van der Waals surface area contributed by atoms with Crippen molar-refractivity contribution in [1.82, 2.24) is 0 Å². The third-order valence-electron chi connectivity index (χ3n) is 2.64. The van der Waals surface area contributed by atoms with Gasteiger partial charge in [0.15, 0.2) is 6.29 Å². The number of carbonyl (C=O) groups excluding carboxylic acids is 1. The van der Waals surface area contributed by atoms with Crippen LogP contribution in [0.25, 0.3) is 11.1 Å². The van der Waals surface area contributed by atoms with Crippen LogP contribution in [0.5, 0.6) is 0 Å². The van der Waals surface area contributed by atoms with E-state index < -0.39 is 11.7 Å². The van der Waals surface area contributed by atoms with Crippen LogP contribution in [0, 0.1) is 0 Å². The molecule has 0 fully saturated rings. The van der Waals surface area contributed by atoms with Gasteiger partial charge in [0.25, 0.3) is 0 Å². The molecule has 0 aliphatic carbocycles. The van der Waals surface area contributed by atoms with Gasteiger partial charge < -0.3 is 0 Å². The largest absolute Gasteiger partial charge is 0.416 e. The second kappa shape index (κ2) is 5.05. The van der Waals surface area contributed by atoms with Crippen LogP contribution in [0.4, 0.5) is 13.2 Å². The van der Waals surface area contributed by atoms with Crippen molar-refractivity contribution in [3.8, 4) is 11.1 Å². The summed E-state index contributed by atoms with van der Waals surface area (Å²) in [7, 11) is 0. The summed E-state index contributed by atoms with van der Waals surface area (Å²) in [6, 6.07) is 9.25. The minimum atomic E-state index is -4.42. The van der Waals surface area contributed by atoms with Crippen molar-refractivity contribution in [3.63, 3.8) is 0 Å². The van der Waals surface area contributed by atoms with Gasteiger partial charge in [0, 0.05) is 10.6 Å². The van der Waals surface area contributed by atoms with Gasteiger partial charge in [-0.05, 0) is 41.5 Å². The van der Waals surface area contributed by atoms with Crippen molar-refractivity contribution < 1.29 is 18.0 Å². The standard InChI is InChI=1S/C14H8ClF3O/c15-12-5-4-10(8-19)13(7-12)9-2-1-3-11(6-9)14(16,17)18/h1-8H. The fourth-order valence-corrected chi connectivity index (χ4v) is 1.92. The van der Waals surface area contributed by atoms with Crippen molar-refractivity contribution in [3.05, 3.63) is 58.6 Å². The molecule has 2 rings (SSSR count). The van der Waals surface area contributed by atoms with Crippen LogP contribution in [0.15, 0.2) is 42.5 Å². The molecule has 0 N–H and O–H groups in total. The van der Waals surface area contributed by atoms with Gasteiger partial charge in [-0.3, -0.25) is 4.79 Å². The van der Waals surface area contributed by atoms with Crippen molar-refractivity contribution >= 4 is 17.9 Å². The molecule has 19 heavy (non-hydrogen) atoms. The topological polar surface area (TPSA) is 17.1 Å². The Morgan fingerprint density at radius 3 is 2.42 bits per heavy atom. The Balaban J connectivity index is 2.59. The SMILES string of the molecule is O=Cc1ccc(Cl)cc1-c1cccc(C(F)(F)F)c1. The van der Waals surface area contributed by atoms with Crippen LogP contribution in [0.1, 0.15) is 15.9 Å². The molecule has 0 amide bonds. The first-order chi connectivity index (χ1) is 8.91. The quantitative estimate of drug-likeness (QED) is 0.721. The van der Waals surface area contributed by atoms with Crippen molar-refractivity contribution in [1.29, 1.82) is 0 Å². The summed E-state index contributed by atoms with van der Waals surface area (Å²) in [6.45, 7) is 0. The summed E-state index contributed by atoms with van der Waals surface area (Å²) in [6.07, 6.45) is -3.83. The van der Waals surface area contributed by atoms with E-state index in [0.29, 0.717) is 28.0 Å². The van der Waals surface area contributed by atoms with E-state index in [4.69, 9.17) is 11.6 Å². The maximum absolute atomic E-state index is 12.6. The average molecular weight is 285 g/mol. The first-order valence-corrected chi connectivity index (χ1v) is 5.72. The molecule has 98 valence electrons. The molecule has 2 aromatic rings. The number of aldehydes is 1. The molecule has 0 aliphatic heterocycles. The Bertz CT molecular complexity index is 620. The van der Waals surface area contributed by atoms with E-state index in [1.807, 2.05) is 0 Å². The Hall–Kier alpha value is -1.81. The molecule has 2 aromatic carbocycles. The Kier molecular flexibility index (Phi) is 3.62. The summed E-state index contributed by atoms with van der Waals surface area (Å²) < 4.78 is 37.9. The van der Waals surface area contributed by atoms with E-state index >= 15 is 0 Å². The summed E-state index contributed by atoms with van der Waals surface area (Å²) in [4.78, 5) is 10.9. The Morgan fingerprint density at radius 1 is 1.05 bits per heavy atom. The molecule has 0 unspecified atom stereocenters. The van der Waals surface area contributed by atoms with Gasteiger partial charge in [-0.1, -0.05) is 23.7 Å². The van der Waals surface area contributed by atoms with Gasteiger partial charge >= 0.3 is 6.18 Å². The average Bonchev–Trinajstić information content (AvgIpc) is 2.38. The maximum Gasteiger partial charge on any atom is 0.416 e. The van der Waals surface area contributed by atoms with Gasteiger partial charge in [0.2, 0.25) is 0 Å². The zero-order chi connectivity index (χ0) is 14.0. The monoisotopic (exact) mass is 284 g/mol. The van der Waals surface area contributed by atoms with Crippen LogP contribution in [0.2, 0.25) is 5.02 Å². The first-order valence-electron chi connectivity index (χ1n) is 5.34. The lowest BCUT2D eigenvalue weighted by atomic mass is 9.98. The molecule has 0 aromatic heterocycles. The Morgan fingerprint density at radius 2 is 1.79 bits per heavy atom. The predicted molar refractivity (Wildman–Crippen MR) is 67.3 cm³/mol. The third-order valence-corrected chi connectivity index (χ3v) is 2.88. The molecule has 0 aliphatic rings. The highest BCUT2D eigenvalue weighted by Crippen LogP contribution is 2.33. The molecule has 0 bridgehead atoms. The fourth-order valence-electron chi connectivity index (χ4n) is 1.74. The van der Waals surface area contributed by atoms with E-state index in [9.17, 15) is 18.0 Å². The molecule has 0 radical (unpaired) electrons. The van der Waals surface area contributed by atoms with E-state index in [1.54, 1.807) is 0 Å². The lowest BCUT2D eigenvalue weighted by Crippen LogP contribution is -2.04. The highest BCUT2D eigenvalue weighted by atomic mass is 35.5. The fraction of sp³-hybridized carbons (Fsp3) is 0.0714. The van der Waals surface area contributed by atoms with Crippen LogP contribution in [0.3, 0.4) is 0 Å². The molecule has 0 saturated carbocycles. The van der Waals surface area contributed by atoms with Crippen molar-refractivity contribution in [2.75, 3.05) is 0 Å². The zero-order valence-corrected chi connectivity index (χ0v) is 10.3. The highest BCUT2D eigenvalue weighted by Gasteiger charge is 2.30. The number of alkyl halides is 3. The van der Waals surface area contributed by atoms with E-state index in [2.05, 4.69) is 0 Å². The Labute approximate surface area is 112 Å². The van der Waals surface area contributed by atoms with Crippen molar-refractivity contribution in [2.45, 2.75) is 6.18 Å². The smallest absolute Gasteiger partial charge is 0.298 e. The van der Waals surface area contributed by atoms with Gasteiger partial charge in [-0.15, -0.1) is 0 Å². The number of carbonyl (C=O) groups is 1. The van der Waals surface area contributed by atoms with Crippen LogP contribution in [-0.4, -0.2) is 6.29 Å². The minimum absolute atomic E-state index is 0.295. The number of hydrogen-bond acceptors (Lipinski definition) is 1. The van der Waals surface area contributed by atoms with Crippen LogP contribution >= 0.6 is 11.6 Å². The van der Waals surface area contributed by atoms with Gasteiger partial charge in [-0.25, -0.2) is 0 Å². The maximum atomic E-state index is 12.6. The lowest BCUT2D eigenvalue weighted by molar-refractivity contribution is -0.137. The highest BCUT2D eigenvalue weighted by molar-refractivity contribution is 6.31. The number of benzene rings is 2. The summed E-state index contributed by atoms with van der Waals surface area (Å²) in [5.41, 5.74) is 0.221. The summed E-state index contributed by atoms with van der Waals surface area (Å²) in [5.74, 6) is 0. The molecule has 0 heterocycles. The second-order valence-electron chi connectivity index (χ2n) is 3.93. The molecule has 0 spiro atoms. The van der Waals surface area contributed by atoms with E-state index in [1.165, 1.54) is 30.3 Å². The van der Waals surface area contributed by atoms with Gasteiger partial charge in [0.1, 0.15) is 0 Å². The lowest BCUT2D eigenvalue weighted by Gasteiger charge is -2.10. The van der Waals surface area contributed by atoms with Gasteiger partial charge in [0.05, 0.1) is 5.56 Å². The molecule has 0 atom stereocenters. The van der Waals surface area contributed by atoms with E-state index in [0.717, 1.165) is 12.1 Å². The minimum Gasteiger partial charge on any atom is -0.298 e. The van der Waals surface area contributed by atoms with Crippen LogP contribution < -0.4 is 0 Å². The predicted octanol–water partition coefficient (Wildman–Crippen LogP) is 4.84. The first kappa shape index (κ1) is 13.6. The molecule has 5 heteroatoms. The normalized spacial score (nSPS) is 11.4. The number of hydrogen-bond donors (Lipinski definition) is 0. The number of halogens is 4. The van der Waals surface area contributed by atoms with E-state index in [-0.39, 0.29) is 0 Å². The zero-order valence-electron chi connectivity index (χ0n) is 9.54. The summed E-state index contributed by atoms with van der Waals surface area (Å²) >= 11 is 5.82. The van der Waals surface area contributed by atoms with Gasteiger partial charge in [-0.2, -0.15) is 13.2 Å². The van der Waals surface area contributed by atoms with Crippen LogP contribution in [-0.2, 0) is 6.18 Å². The molecular weight excluding hydrogens is 277 g/mol. The summed E-state index contributed by atoms with van der Waals surface area (Å²) in [5, 5.41) is 0.359. The molecular formula is C14H8ClF3O. The van der Waals surface area contributed by atoms with Crippen molar-refractivity contribution in [2.24, 2.45) is 0 Å². The molecule has 0 saturated heterocycles. The third kappa shape index (κ3) is 2.96. The second-order valence-corrected chi connectivity index (χ2v) is 4.36. The molecule has 1 nitrogen and oxygen atoms in total.